The fraction of sp³-hybridized carbons (Fsp3) is 1.00. The lowest BCUT2D eigenvalue weighted by atomic mass is 9.99. The van der Waals surface area contributed by atoms with Gasteiger partial charge in [-0.25, -0.2) is 0 Å². The SMILES string of the molecule is CC(CN)C(C)N1CCN(C)CC1C. The molecular formula is C11H25N3. The van der Waals surface area contributed by atoms with Crippen molar-refractivity contribution in [3.63, 3.8) is 0 Å². The summed E-state index contributed by atoms with van der Waals surface area (Å²) in [5.41, 5.74) is 5.72. The molecule has 14 heavy (non-hydrogen) atoms. The van der Waals surface area contributed by atoms with E-state index >= 15 is 0 Å². The average Bonchev–Trinajstić information content (AvgIpc) is 2.15. The second kappa shape index (κ2) is 5.10. The molecular weight excluding hydrogens is 174 g/mol. The van der Waals surface area contributed by atoms with Crippen LogP contribution in [0.15, 0.2) is 0 Å². The molecule has 1 rings (SSSR count). The molecule has 0 bridgehead atoms. The maximum atomic E-state index is 5.72. The number of piperazine rings is 1. The third kappa shape index (κ3) is 2.69. The van der Waals surface area contributed by atoms with Crippen molar-refractivity contribution in [1.82, 2.24) is 9.80 Å². The predicted molar refractivity (Wildman–Crippen MR) is 61.3 cm³/mol. The molecule has 1 heterocycles. The fourth-order valence-corrected chi connectivity index (χ4v) is 2.28. The molecule has 84 valence electrons. The lowest BCUT2D eigenvalue weighted by Gasteiger charge is -2.43. The maximum Gasteiger partial charge on any atom is 0.0198 e. The highest BCUT2D eigenvalue weighted by Crippen LogP contribution is 2.16. The first-order valence-electron chi connectivity index (χ1n) is 5.70. The van der Waals surface area contributed by atoms with Crippen molar-refractivity contribution in [3.05, 3.63) is 0 Å². The number of nitrogens with zero attached hydrogens (tertiary/aromatic N) is 2. The topological polar surface area (TPSA) is 32.5 Å². The highest BCUT2D eigenvalue weighted by Gasteiger charge is 2.27. The van der Waals surface area contributed by atoms with Gasteiger partial charge in [-0.1, -0.05) is 6.92 Å². The Morgan fingerprint density at radius 1 is 1.36 bits per heavy atom. The lowest BCUT2D eigenvalue weighted by Crippen LogP contribution is -2.55. The van der Waals surface area contributed by atoms with Gasteiger partial charge in [-0.2, -0.15) is 0 Å². The molecule has 3 heteroatoms. The van der Waals surface area contributed by atoms with E-state index in [1.165, 1.54) is 19.6 Å². The van der Waals surface area contributed by atoms with E-state index in [0.717, 1.165) is 6.54 Å². The molecule has 1 fully saturated rings. The van der Waals surface area contributed by atoms with Gasteiger partial charge in [0.1, 0.15) is 0 Å². The summed E-state index contributed by atoms with van der Waals surface area (Å²) in [6.07, 6.45) is 0. The van der Waals surface area contributed by atoms with E-state index < -0.39 is 0 Å². The Hall–Kier alpha value is -0.120. The van der Waals surface area contributed by atoms with Crippen molar-refractivity contribution in [3.8, 4) is 0 Å². The average molecular weight is 199 g/mol. The Labute approximate surface area is 88.2 Å². The van der Waals surface area contributed by atoms with E-state index in [-0.39, 0.29) is 0 Å². The van der Waals surface area contributed by atoms with Crippen LogP contribution in [0.4, 0.5) is 0 Å². The van der Waals surface area contributed by atoms with Crippen LogP contribution in [-0.4, -0.2) is 55.1 Å². The number of hydrogen-bond acceptors (Lipinski definition) is 3. The van der Waals surface area contributed by atoms with E-state index in [0.29, 0.717) is 18.0 Å². The van der Waals surface area contributed by atoms with Crippen molar-refractivity contribution in [2.45, 2.75) is 32.9 Å². The van der Waals surface area contributed by atoms with Gasteiger partial charge in [0.05, 0.1) is 0 Å². The molecule has 1 aliphatic rings. The van der Waals surface area contributed by atoms with Crippen LogP contribution < -0.4 is 5.73 Å². The van der Waals surface area contributed by atoms with Crippen LogP contribution in [0.5, 0.6) is 0 Å². The monoisotopic (exact) mass is 199 g/mol. The van der Waals surface area contributed by atoms with Crippen LogP contribution in [0.2, 0.25) is 0 Å². The minimum Gasteiger partial charge on any atom is -0.330 e. The first kappa shape index (κ1) is 12.0. The Morgan fingerprint density at radius 3 is 2.50 bits per heavy atom. The molecule has 0 aromatic carbocycles. The van der Waals surface area contributed by atoms with Crippen molar-refractivity contribution >= 4 is 0 Å². The molecule has 0 saturated carbocycles. The largest absolute Gasteiger partial charge is 0.330 e. The molecule has 3 unspecified atom stereocenters. The summed E-state index contributed by atoms with van der Waals surface area (Å²) in [6.45, 7) is 11.2. The number of rotatable bonds is 3. The predicted octanol–water partition coefficient (Wildman–Crippen LogP) is 0.606. The number of likely N-dealkylation sites (N-methyl/N-ethyl adjacent to an activating group) is 1. The molecule has 1 saturated heterocycles. The zero-order chi connectivity index (χ0) is 10.7. The van der Waals surface area contributed by atoms with Crippen LogP contribution in [0.1, 0.15) is 20.8 Å². The Kier molecular flexibility index (Phi) is 4.35. The van der Waals surface area contributed by atoms with Crippen LogP contribution in [0.3, 0.4) is 0 Å². The van der Waals surface area contributed by atoms with Gasteiger partial charge in [-0.15, -0.1) is 0 Å². The smallest absolute Gasteiger partial charge is 0.0198 e. The summed E-state index contributed by atoms with van der Waals surface area (Å²) in [7, 11) is 2.20. The minimum atomic E-state index is 0.598. The van der Waals surface area contributed by atoms with Crippen LogP contribution in [-0.2, 0) is 0 Å². The summed E-state index contributed by atoms with van der Waals surface area (Å²) < 4.78 is 0. The maximum absolute atomic E-state index is 5.72. The van der Waals surface area contributed by atoms with E-state index in [2.05, 4.69) is 37.6 Å². The second-order valence-electron chi connectivity index (χ2n) is 4.80. The normalized spacial score (nSPS) is 30.2. The molecule has 0 aromatic rings. The van der Waals surface area contributed by atoms with Gasteiger partial charge < -0.3 is 10.6 Å². The molecule has 2 N–H and O–H groups in total. The molecule has 0 radical (unpaired) electrons. The summed E-state index contributed by atoms with van der Waals surface area (Å²) >= 11 is 0. The molecule has 1 aliphatic heterocycles. The van der Waals surface area contributed by atoms with Crippen LogP contribution in [0.25, 0.3) is 0 Å². The Balaban J connectivity index is 2.51. The highest BCUT2D eigenvalue weighted by molar-refractivity contribution is 4.83. The van der Waals surface area contributed by atoms with Crippen LogP contribution >= 0.6 is 0 Å². The lowest BCUT2D eigenvalue weighted by molar-refractivity contribution is 0.0485. The van der Waals surface area contributed by atoms with Gasteiger partial charge in [0.25, 0.3) is 0 Å². The molecule has 3 nitrogen and oxygen atoms in total. The van der Waals surface area contributed by atoms with Crippen molar-refractivity contribution in [2.75, 3.05) is 33.2 Å². The first-order valence-corrected chi connectivity index (χ1v) is 5.70. The fourth-order valence-electron chi connectivity index (χ4n) is 2.28. The van der Waals surface area contributed by atoms with Gasteiger partial charge in [0, 0.05) is 31.7 Å². The van der Waals surface area contributed by atoms with Crippen molar-refractivity contribution < 1.29 is 0 Å². The zero-order valence-electron chi connectivity index (χ0n) is 10.0. The quantitative estimate of drug-likeness (QED) is 0.723. The molecule has 0 aromatic heterocycles. The molecule has 0 spiro atoms. The summed E-state index contributed by atoms with van der Waals surface area (Å²) in [5.74, 6) is 0.598. The van der Waals surface area contributed by atoms with Crippen molar-refractivity contribution in [1.29, 1.82) is 0 Å². The van der Waals surface area contributed by atoms with E-state index in [4.69, 9.17) is 5.73 Å². The van der Waals surface area contributed by atoms with Gasteiger partial charge in [-0.05, 0) is 33.4 Å². The summed E-state index contributed by atoms with van der Waals surface area (Å²) in [4.78, 5) is 5.00. The van der Waals surface area contributed by atoms with Gasteiger partial charge in [0.2, 0.25) is 0 Å². The first-order chi connectivity index (χ1) is 6.56. The minimum absolute atomic E-state index is 0.598. The Morgan fingerprint density at radius 2 is 2.00 bits per heavy atom. The zero-order valence-corrected chi connectivity index (χ0v) is 10.0. The van der Waals surface area contributed by atoms with E-state index in [1.807, 2.05) is 0 Å². The Bertz CT molecular complexity index is 172. The second-order valence-corrected chi connectivity index (χ2v) is 4.80. The summed E-state index contributed by atoms with van der Waals surface area (Å²) in [5, 5.41) is 0. The van der Waals surface area contributed by atoms with E-state index in [9.17, 15) is 0 Å². The van der Waals surface area contributed by atoms with E-state index in [1.54, 1.807) is 0 Å². The van der Waals surface area contributed by atoms with Gasteiger partial charge in [0.15, 0.2) is 0 Å². The van der Waals surface area contributed by atoms with Gasteiger partial charge in [-0.3, -0.25) is 4.90 Å². The third-order valence-electron chi connectivity index (χ3n) is 3.60. The number of nitrogens with two attached hydrogens (primary N) is 1. The molecule has 3 atom stereocenters. The highest BCUT2D eigenvalue weighted by atomic mass is 15.3. The third-order valence-corrected chi connectivity index (χ3v) is 3.60. The van der Waals surface area contributed by atoms with Gasteiger partial charge >= 0.3 is 0 Å². The molecule has 0 aliphatic carbocycles. The van der Waals surface area contributed by atoms with Crippen LogP contribution in [0, 0.1) is 5.92 Å². The number of hydrogen-bond donors (Lipinski definition) is 1. The molecule has 0 amide bonds. The standard InChI is InChI=1S/C11H25N3/c1-9(7-12)11(3)14-6-5-13(4)8-10(14)2/h9-11H,5-8,12H2,1-4H3. The summed E-state index contributed by atoms with van der Waals surface area (Å²) in [6, 6.07) is 1.28. The van der Waals surface area contributed by atoms with Crippen molar-refractivity contribution in [2.24, 2.45) is 11.7 Å².